The van der Waals surface area contributed by atoms with Crippen LogP contribution in [0.25, 0.3) is 0 Å². The molecule has 0 saturated heterocycles. The maximum Gasteiger partial charge on any atom is 0.416 e. The molecule has 160 valence electrons. The highest BCUT2D eigenvalue weighted by Crippen LogP contribution is 2.32. The summed E-state index contributed by atoms with van der Waals surface area (Å²) < 4.78 is 59.6. The van der Waals surface area contributed by atoms with Gasteiger partial charge in [-0.3, -0.25) is 0 Å². The molecule has 0 atom stereocenters. The minimum Gasteiger partial charge on any atom is -0.385 e. The van der Waals surface area contributed by atoms with Crippen LogP contribution in [0.4, 0.5) is 17.6 Å². The number of alkyl halides is 3. The van der Waals surface area contributed by atoms with Crippen molar-refractivity contribution in [3.05, 3.63) is 46.8 Å². The number of benzene rings is 1. The van der Waals surface area contributed by atoms with Gasteiger partial charge in [0.2, 0.25) is 0 Å². The van der Waals surface area contributed by atoms with E-state index in [-0.39, 0.29) is 18.7 Å². The Morgan fingerprint density at radius 3 is 2.62 bits per heavy atom. The second-order valence-corrected chi connectivity index (χ2v) is 6.31. The molecule has 0 fully saturated rings. The van der Waals surface area contributed by atoms with Gasteiger partial charge in [-0.2, -0.15) is 13.2 Å². The van der Waals surface area contributed by atoms with E-state index in [9.17, 15) is 17.6 Å². The fourth-order valence-corrected chi connectivity index (χ4v) is 2.48. The lowest BCUT2D eigenvalue weighted by atomic mass is 10.1. The summed E-state index contributed by atoms with van der Waals surface area (Å²) in [6.07, 6.45) is -3.98. The van der Waals surface area contributed by atoms with E-state index in [1.807, 2.05) is 14.0 Å². The van der Waals surface area contributed by atoms with Crippen molar-refractivity contribution in [2.45, 2.75) is 32.6 Å². The Kier molecular flexibility index (Phi) is 7.94. The monoisotopic (exact) mass is 416 g/mol. The number of ether oxygens (including phenoxy) is 1. The minimum absolute atomic E-state index is 0.119. The summed E-state index contributed by atoms with van der Waals surface area (Å²) in [5, 5.41) is 14.0. The van der Waals surface area contributed by atoms with Gasteiger partial charge in [-0.05, 0) is 31.0 Å². The molecule has 1 aromatic carbocycles. The molecular weight excluding hydrogens is 392 g/mol. The summed E-state index contributed by atoms with van der Waals surface area (Å²) in [5.74, 6) is 0.735. The van der Waals surface area contributed by atoms with Crippen LogP contribution in [-0.2, 0) is 31.1 Å². The molecule has 0 bridgehead atoms. The maximum atomic E-state index is 13.3. The number of aromatic nitrogens is 3. The van der Waals surface area contributed by atoms with E-state index in [0.717, 1.165) is 18.0 Å². The smallest absolute Gasteiger partial charge is 0.385 e. The molecule has 1 heterocycles. The third-order valence-electron chi connectivity index (χ3n) is 4.20. The van der Waals surface area contributed by atoms with Crippen LogP contribution in [0.15, 0.2) is 23.2 Å². The van der Waals surface area contributed by atoms with Gasteiger partial charge in [0.15, 0.2) is 11.8 Å². The summed E-state index contributed by atoms with van der Waals surface area (Å²) in [4.78, 5) is 4.22. The van der Waals surface area contributed by atoms with Crippen LogP contribution in [0.2, 0.25) is 0 Å². The van der Waals surface area contributed by atoms with Crippen LogP contribution in [-0.4, -0.2) is 41.0 Å². The molecule has 2 aromatic rings. The van der Waals surface area contributed by atoms with Crippen LogP contribution in [0.5, 0.6) is 0 Å². The highest BCUT2D eigenvalue weighted by molar-refractivity contribution is 5.79. The molecule has 1 aromatic heterocycles. The second-order valence-electron chi connectivity index (χ2n) is 6.31. The number of guanidine groups is 1. The second kappa shape index (κ2) is 10.2. The Bertz CT molecular complexity index is 834. The number of halogens is 4. The van der Waals surface area contributed by atoms with E-state index in [0.29, 0.717) is 37.4 Å². The molecular formula is C18H24F4N6O. The molecule has 0 radical (unpaired) electrons. The van der Waals surface area contributed by atoms with Crippen LogP contribution in [0.3, 0.4) is 0 Å². The first-order valence-corrected chi connectivity index (χ1v) is 8.94. The molecule has 0 aliphatic rings. The van der Waals surface area contributed by atoms with Crippen molar-refractivity contribution in [1.29, 1.82) is 0 Å². The molecule has 0 aliphatic carbocycles. The highest BCUT2D eigenvalue weighted by atomic mass is 19.4. The summed E-state index contributed by atoms with van der Waals surface area (Å²) in [5.41, 5.74) is -1.16. The lowest BCUT2D eigenvalue weighted by Gasteiger charge is -2.14. The number of hydrogen-bond acceptors (Lipinski definition) is 4. The van der Waals surface area contributed by atoms with E-state index in [4.69, 9.17) is 4.74 Å². The number of aliphatic imine (C=N–C) groups is 1. The van der Waals surface area contributed by atoms with E-state index in [1.54, 1.807) is 11.7 Å². The van der Waals surface area contributed by atoms with Gasteiger partial charge >= 0.3 is 6.18 Å². The average Bonchev–Trinajstić information content (AvgIpc) is 2.98. The predicted molar refractivity (Wildman–Crippen MR) is 99.6 cm³/mol. The van der Waals surface area contributed by atoms with Crippen molar-refractivity contribution in [1.82, 2.24) is 25.4 Å². The van der Waals surface area contributed by atoms with Gasteiger partial charge in [-0.15, -0.1) is 10.2 Å². The first-order chi connectivity index (χ1) is 13.7. The topological polar surface area (TPSA) is 76.4 Å². The molecule has 2 rings (SSSR count). The number of methoxy groups -OCH3 is 1. The van der Waals surface area contributed by atoms with Gasteiger partial charge in [0.05, 0.1) is 18.7 Å². The van der Waals surface area contributed by atoms with Crippen molar-refractivity contribution < 1.29 is 22.3 Å². The van der Waals surface area contributed by atoms with Crippen LogP contribution in [0, 0.1) is 12.7 Å². The van der Waals surface area contributed by atoms with Crippen LogP contribution in [0.1, 0.15) is 29.2 Å². The van der Waals surface area contributed by atoms with Gasteiger partial charge < -0.3 is 19.9 Å². The van der Waals surface area contributed by atoms with Gasteiger partial charge in [-0.1, -0.05) is 6.07 Å². The molecule has 0 saturated carbocycles. The zero-order chi connectivity index (χ0) is 21.4. The normalized spacial score (nSPS) is 12.3. The number of nitrogens with zero attached hydrogens (tertiary/aromatic N) is 4. The fraction of sp³-hybridized carbons (Fsp3) is 0.500. The third-order valence-corrected chi connectivity index (χ3v) is 4.20. The minimum atomic E-state index is -4.66. The average molecular weight is 416 g/mol. The molecule has 2 N–H and O–H groups in total. The SMILES string of the molecule is COCCCNC(=NCc1ccc(F)cc1C(F)(F)F)NCc1nnc(C)n1C. The largest absolute Gasteiger partial charge is 0.416 e. The van der Waals surface area contributed by atoms with Crippen LogP contribution >= 0.6 is 0 Å². The van der Waals surface area contributed by atoms with Gasteiger partial charge in [0, 0.05) is 27.3 Å². The summed E-state index contributed by atoms with van der Waals surface area (Å²) in [6, 6.07) is 2.56. The lowest BCUT2D eigenvalue weighted by Crippen LogP contribution is -2.38. The first-order valence-electron chi connectivity index (χ1n) is 8.94. The number of rotatable bonds is 8. The van der Waals surface area contributed by atoms with Crippen molar-refractivity contribution in [2.75, 3.05) is 20.3 Å². The third kappa shape index (κ3) is 6.70. The zero-order valence-electron chi connectivity index (χ0n) is 16.5. The Morgan fingerprint density at radius 1 is 1.24 bits per heavy atom. The Hall–Kier alpha value is -2.69. The molecule has 0 spiro atoms. The van der Waals surface area contributed by atoms with E-state index < -0.39 is 17.6 Å². The molecule has 0 aliphatic heterocycles. The van der Waals surface area contributed by atoms with Gasteiger partial charge in [0.1, 0.15) is 11.6 Å². The molecule has 0 unspecified atom stereocenters. The van der Waals surface area contributed by atoms with Gasteiger partial charge in [-0.25, -0.2) is 9.38 Å². The molecule has 11 heteroatoms. The first kappa shape index (κ1) is 22.6. The number of aryl methyl sites for hydroxylation is 1. The van der Waals surface area contributed by atoms with E-state index in [1.165, 1.54) is 0 Å². The lowest BCUT2D eigenvalue weighted by molar-refractivity contribution is -0.138. The quantitative estimate of drug-likeness (QED) is 0.299. The Balaban J connectivity index is 2.15. The maximum absolute atomic E-state index is 13.3. The fourth-order valence-electron chi connectivity index (χ4n) is 2.48. The van der Waals surface area contributed by atoms with E-state index >= 15 is 0 Å². The molecule has 7 nitrogen and oxygen atoms in total. The highest BCUT2D eigenvalue weighted by Gasteiger charge is 2.33. The Morgan fingerprint density at radius 2 is 2.00 bits per heavy atom. The summed E-state index contributed by atoms with van der Waals surface area (Å²) in [6.45, 7) is 2.85. The molecule has 0 amide bonds. The summed E-state index contributed by atoms with van der Waals surface area (Å²) >= 11 is 0. The standard InChI is InChI=1S/C18H24F4N6O/c1-12-26-27-16(28(12)2)11-25-17(23-7-4-8-29-3)24-10-13-5-6-14(19)9-15(13)18(20,21)22/h5-6,9H,4,7-8,10-11H2,1-3H3,(H2,23,24,25). The van der Waals surface area contributed by atoms with Gasteiger partial charge in [0.25, 0.3) is 0 Å². The summed E-state index contributed by atoms with van der Waals surface area (Å²) in [7, 11) is 3.39. The number of nitrogens with one attached hydrogen (secondary N) is 2. The van der Waals surface area contributed by atoms with E-state index in [2.05, 4.69) is 25.8 Å². The van der Waals surface area contributed by atoms with Crippen molar-refractivity contribution in [2.24, 2.45) is 12.0 Å². The van der Waals surface area contributed by atoms with Crippen molar-refractivity contribution >= 4 is 5.96 Å². The van der Waals surface area contributed by atoms with Crippen molar-refractivity contribution in [3.8, 4) is 0 Å². The van der Waals surface area contributed by atoms with Crippen molar-refractivity contribution in [3.63, 3.8) is 0 Å². The molecule has 29 heavy (non-hydrogen) atoms. The zero-order valence-corrected chi connectivity index (χ0v) is 16.5. The van der Waals surface area contributed by atoms with Crippen LogP contribution < -0.4 is 10.6 Å². The Labute approximate surface area is 166 Å². The predicted octanol–water partition coefficient (Wildman–Crippen LogP) is 2.55. The number of hydrogen-bond donors (Lipinski definition) is 2.